The summed E-state index contributed by atoms with van der Waals surface area (Å²) in [5.41, 5.74) is 0.954. The molecular formula is C17H17Cl2NO3. The van der Waals surface area contributed by atoms with Crippen LogP contribution in [0.1, 0.15) is 5.56 Å². The maximum Gasteiger partial charge on any atom is 0.258 e. The first-order chi connectivity index (χ1) is 11.0. The van der Waals surface area contributed by atoms with Gasteiger partial charge in [-0.3, -0.25) is 4.79 Å². The Kier molecular flexibility index (Phi) is 6.56. The minimum Gasteiger partial charge on any atom is -0.491 e. The molecule has 0 aliphatic carbocycles. The van der Waals surface area contributed by atoms with Crippen molar-refractivity contribution in [1.82, 2.24) is 5.32 Å². The lowest BCUT2D eigenvalue weighted by atomic mass is 10.2. The van der Waals surface area contributed by atoms with Crippen LogP contribution in [0, 0.1) is 6.92 Å². The third-order valence-corrected chi connectivity index (χ3v) is 3.49. The highest BCUT2D eigenvalue weighted by molar-refractivity contribution is 6.30. The predicted molar refractivity (Wildman–Crippen MR) is 91.6 cm³/mol. The SMILES string of the molecule is Cc1cc(Cl)ccc1OCCNC(=O)COc1ccc(Cl)cc1. The van der Waals surface area contributed by atoms with Gasteiger partial charge in [-0.05, 0) is 55.0 Å². The fourth-order valence-electron chi connectivity index (χ4n) is 1.86. The summed E-state index contributed by atoms with van der Waals surface area (Å²) in [6.07, 6.45) is 0. The third-order valence-electron chi connectivity index (χ3n) is 3.00. The van der Waals surface area contributed by atoms with Crippen molar-refractivity contribution in [2.45, 2.75) is 6.92 Å². The van der Waals surface area contributed by atoms with Crippen LogP contribution < -0.4 is 14.8 Å². The van der Waals surface area contributed by atoms with Gasteiger partial charge >= 0.3 is 0 Å². The number of halogens is 2. The van der Waals surface area contributed by atoms with Crippen LogP contribution in [0.25, 0.3) is 0 Å². The first-order valence-electron chi connectivity index (χ1n) is 7.08. The highest BCUT2D eigenvalue weighted by atomic mass is 35.5. The van der Waals surface area contributed by atoms with Gasteiger partial charge in [-0.1, -0.05) is 23.2 Å². The van der Waals surface area contributed by atoms with E-state index < -0.39 is 0 Å². The van der Waals surface area contributed by atoms with Gasteiger partial charge in [-0.2, -0.15) is 0 Å². The summed E-state index contributed by atoms with van der Waals surface area (Å²) in [5, 5.41) is 4.02. The molecule has 0 unspecified atom stereocenters. The fraction of sp³-hybridized carbons (Fsp3) is 0.235. The average Bonchev–Trinajstić information content (AvgIpc) is 2.52. The topological polar surface area (TPSA) is 47.6 Å². The molecule has 0 bridgehead atoms. The van der Waals surface area contributed by atoms with Crippen molar-refractivity contribution in [3.63, 3.8) is 0 Å². The molecular weight excluding hydrogens is 337 g/mol. The highest BCUT2D eigenvalue weighted by Gasteiger charge is 2.04. The lowest BCUT2D eigenvalue weighted by Gasteiger charge is -2.10. The van der Waals surface area contributed by atoms with Gasteiger partial charge in [-0.25, -0.2) is 0 Å². The zero-order chi connectivity index (χ0) is 16.7. The van der Waals surface area contributed by atoms with Crippen LogP contribution in [-0.2, 0) is 4.79 Å². The van der Waals surface area contributed by atoms with Gasteiger partial charge < -0.3 is 14.8 Å². The molecule has 0 aromatic heterocycles. The number of carbonyl (C=O) groups excluding carboxylic acids is 1. The van der Waals surface area contributed by atoms with Crippen molar-refractivity contribution in [3.8, 4) is 11.5 Å². The quantitative estimate of drug-likeness (QED) is 0.768. The first kappa shape index (κ1) is 17.4. The van der Waals surface area contributed by atoms with E-state index >= 15 is 0 Å². The average molecular weight is 354 g/mol. The van der Waals surface area contributed by atoms with Crippen molar-refractivity contribution in [2.75, 3.05) is 19.8 Å². The van der Waals surface area contributed by atoms with E-state index in [2.05, 4.69) is 5.32 Å². The molecule has 0 atom stereocenters. The lowest BCUT2D eigenvalue weighted by molar-refractivity contribution is -0.123. The molecule has 0 fully saturated rings. The molecule has 0 aliphatic heterocycles. The van der Waals surface area contributed by atoms with Crippen LogP contribution in [-0.4, -0.2) is 25.7 Å². The molecule has 23 heavy (non-hydrogen) atoms. The molecule has 0 saturated heterocycles. The van der Waals surface area contributed by atoms with Crippen LogP contribution in [0.15, 0.2) is 42.5 Å². The zero-order valence-electron chi connectivity index (χ0n) is 12.6. The van der Waals surface area contributed by atoms with E-state index in [1.54, 1.807) is 30.3 Å². The van der Waals surface area contributed by atoms with E-state index in [4.69, 9.17) is 32.7 Å². The highest BCUT2D eigenvalue weighted by Crippen LogP contribution is 2.21. The van der Waals surface area contributed by atoms with E-state index in [-0.39, 0.29) is 12.5 Å². The number of nitrogens with one attached hydrogen (secondary N) is 1. The second-order valence-corrected chi connectivity index (χ2v) is 5.72. The Balaban J connectivity index is 1.65. The van der Waals surface area contributed by atoms with Crippen molar-refractivity contribution < 1.29 is 14.3 Å². The Morgan fingerprint density at radius 3 is 2.43 bits per heavy atom. The second kappa shape index (κ2) is 8.65. The van der Waals surface area contributed by atoms with E-state index in [0.29, 0.717) is 28.9 Å². The van der Waals surface area contributed by atoms with Crippen molar-refractivity contribution in [3.05, 3.63) is 58.1 Å². The van der Waals surface area contributed by atoms with E-state index in [1.165, 1.54) is 0 Å². The Bertz CT molecular complexity index is 659. The summed E-state index contributed by atoms with van der Waals surface area (Å²) in [4.78, 5) is 11.7. The Labute approximate surface area is 145 Å². The maximum absolute atomic E-state index is 11.7. The summed E-state index contributed by atoms with van der Waals surface area (Å²) in [7, 11) is 0. The maximum atomic E-state index is 11.7. The third kappa shape index (κ3) is 6.00. The number of aryl methyl sites for hydroxylation is 1. The van der Waals surface area contributed by atoms with Crippen LogP contribution in [0.3, 0.4) is 0 Å². The molecule has 0 radical (unpaired) electrons. The summed E-state index contributed by atoms with van der Waals surface area (Å²) in [5.74, 6) is 1.13. The van der Waals surface area contributed by atoms with Gasteiger partial charge in [0.25, 0.3) is 5.91 Å². The van der Waals surface area contributed by atoms with Crippen LogP contribution in [0.4, 0.5) is 0 Å². The smallest absolute Gasteiger partial charge is 0.258 e. The molecule has 0 spiro atoms. The van der Waals surface area contributed by atoms with Crippen LogP contribution in [0.5, 0.6) is 11.5 Å². The first-order valence-corrected chi connectivity index (χ1v) is 7.84. The second-order valence-electron chi connectivity index (χ2n) is 4.85. The van der Waals surface area contributed by atoms with Gasteiger partial charge in [0.2, 0.25) is 0 Å². The van der Waals surface area contributed by atoms with Crippen molar-refractivity contribution in [2.24, 2.45) is 0 Å². The lowest BCUT2D eigenvalue weighted by Crippen LogP contribution is -2.32. The van der Waals surface area contributed by atoms with Gasteiger partial charge in [0.15, 0.2) is 6.61 Å². The number of hydrogen-bond donors (Lipinski definition) is 1. The largest absolute Gasteiger partial charge is 0.491 e. The molecule has 0 aliphatic rings. The van der Waals surface area contributed by atoms with Gasteiger partial charge in [0, 0.05) is 10.0 Å². The minimum atomic E-state index is -0.212. The summed E-state index contributed by atoms with van der Waals surface area (Å²) in [6.45, 7) is 2.63. The monoisotopic (exact) mass is 353 g/mol. The van der Waals surface area contributed by atoms with Gasteiger partial charge in [0.05, 0.1) is 6.54 Å². The standard InChI is InChI=1S/C17H17Cl2NO3/c1-12-10-14(19)4-7-16(12)22-9-8-20-17(21)11-23-15-5-2-13(18)3-6-15/h2-7,10H,8-9,11H2,1H3,(H,20,21). The predicted octanol–water partition coefficient (Wildman–Crippen LogP) is 3.88. The Morgan fingerprint density at radius 2 is 1.74 bits per heavy atom. The van der Waals surface area contributed by atoms with E-state index in [1.807, 2.05) is 19.1 Å². The van der Waals surface area contributed by atoms with Gasteiger partial charge in [-0.15, -0.1) is 0 Å². The molecule has 2 aromatic rings. The summed E-state index contributed by atoms with van der Waals surface area (Å²) >= 11 is 11.7. The molecule has 0 heterocycles. The van der Waals surface area contributed by atoms with Gasteiger partial charge in [0.1, 0.15) is 18.1 Å². The summed E-state index contributed by atoms with van der Waals surface area (Å²) in [6, 6.07) is 12.2. The molecule has 6 heteroatoms. The number of hydrogen-bond acceptors (Lipinski definition) is 3. The molecule has 4 nitrogen and oxygen atoms in total. The molecule has 1 amide bonds. The minimum absolute atomic E-state index is 0.0540. The number of carbonyl (C=O) groups is 1. The number of amides is 1. The number of benzene rings is 2. The van der Waals surface area contributed by atoms with Crippen LogP contribution >= 0.6 is 23.2 Å². The Morgan fingerprint density at radius 1 is 1.04 bits per heavy atom. The van der Waals surface area contributed by atoms with E-state index in [9.17, 15) is 4.79 Å². The zero-order valence-corrected chi connectivity index (χ0v) is 14.2. The molecule has 2 aromatic carbocycles. The molecule has 0 saturated carbocycles. The van der Waals surface area contributed by atoms with E-state index in [0.717, 1.165) is 11.3 Å². The molecule has 122 valence electrons. The van der Waals surface area contributed by atoms with Crippen molar-refractivity contribution >= 4 is 29.1 Å². The normalized spacial score (nSPS) is 10.2. The van der Waals surface area contributed by atoms with Crippen LogP contribution in [0.2, 0.25) is 10.0 Å². The number of ether oxygens (including phenoxy) is 2. The molecule has 1 N–H and O–H groups in total. The fourth-order valence-corrected chi connectivity index (χ4v) is 2.21. The number of rotatable bonds is 7. The molecule has 2 rings (SSSR count). The summed E-state index contributed by atoms with van der Waals surface area (Å²) < 4.78 is 10.9. The van der Waals surface area contributed by atoms with Crippen molar-refractivity contribution in [1.29, 1.82) is 0 Å². The Hall–Kier alpha value is -1.91.